The molecule has 3 heterocycles. The molecule has 1 fully saturated rings. The third-order valence-corrected chi connectivity index (χ3v) is 5.35. The van der Waals surface area contributed by atoms with Gasteiger partial charge in [0.1, 0.15) is 5.52 Å². The number of pyridine rings is 1. The molecule has 2 aromatic heterocycles. The minimum absolute atomic E-state index is 0.113. The molecule has 6 nitrogen and oxygen atoms in total. The lowest BCUT2D eigenvalue weighted by atomic mass is 10.2. The lowest BCUT2D eigenvalue weighted by Gasteiger charge is -2.17. The Bertz CT molecular complexity index is 718. The van der Waals surface area contributed by atoms with Crippen molar-refractivity contribution in [2.24, 2.45) is 5.92 Å². The van der Waals surface area contributed by atoms with Gasteiger partial charge in [0.25, 0.3) is 5.56 Å². The monoisotopic (exact) mass is 414 g/mol. The molecule has 118 valence electrons. The number of fused-ring (bicyclic) bond motifs is 1. The topological polar surface area (TPSA) is 60.2 Å². The van der Waals surface area contributed by atoms with E-state index in [2.05, 4.69) is 37.5 Å². The van der Waals surface area contributed by atoms with Crippen molar-refractivity contribution >= 4 is 33.8 Å². The van der Waals surface area contributed by atoms with Gasteiger partial charge in [0, 0.05) is 30.1 Å². The predicted molar refractivity (Wildman–Crippen MR) is 93.8 cm³/mol. The molecule has 2 aromatic rings. The molecule has 0 unspecified atom stereocenters. The maximum absolute atomic E-state index is 12.2. The number of alkyl halides is 1. The van der Waals surface area contributed by atoms with Crippen molar-refractivity contribution in [1.82, 2.24) is 19.4 Å². The summed E-state index contributed by atoms with van der Waals surface area (Å²) >= 11 is 2.45. The van der Waals surface area contributed by atoms with Gasteiger partial charge in [0.2, 0.25) is 5.88 Å². The number of nitrogens with zero attached hydrogens (tertiary/aromatic N) is 4. The maximum atomic E-state index is 12.2. The molecule has 0 bridgehead atoms. The van der Waals surface area contributed by atoms with Crippen LogP contribution in [0.3, 0.4) is 0 Å². The maximum Gasteiger partial charge on any atom is 0.270 e. The summed E-state index contributed by atoms with van der Waals surface area (Å²) in [7, 11) is 1.57. The fraction of sp³-hybridized carbons (Fsp3) is 0.533. The van der Waals surface area contributed by atoms with Gasteiger partial charge in [-0.25, -0.2) is 4.98 Å². The van der Waals surface area contributed by atoms with Gasteiger partial charge < -0.3 is 9.64 Å². The van der Waals surface area contributed by atoms with Crippen LogP contribution >= 0.6 is 22.6 Å². The highest BCUT2D eigenvalue weighted by atomic mass is 127. The van der Waals surface area contributed by atoms with Crippen LogP contribution in [0.2, 0.25) is 0 Å². The first-order valence-corrected chi connectivity index (χ1v) is 8.92. The number of ether oxygens (including phenoxy) is 1. The summed E-state index contributed by atoms with van der Waals surface area (Å²) < 4.78 is 8.05. The van der Waals surface area contributed by atoms with Crippen molar-refractivity contribution in [2.75, 3.05) is 31.2 Å². The van der Waals surface area contributed by atoms with Crippen LogP contribution in [0.1, 0.15) is 6.42 Å². The molecule has 1 aliphatic rings. The first-order valence-electron chi connectivity index (χ1n) is 7.40. The van der Waals surface area contributed by atoms with E-state index in [-0.39, 0.29) is 5.56 Å². The van der Waals surface area contributed by atoms with Crippen molar-refractivity contribution in [3.05, 3.63) is 28.7 Å². The Labute approximate surface area is 142 Å². The molecule has 1 saturated heterocycles. The number of hydrogen-bond donors (Lipinski definition) is 0. The van der Waals surface area contributed by atoms with E-state index < -0.39 is 0 Å². The highest BCUT2D eigenvalue weighted by Gasteiger charge is 2.21. The van der Waals surface area contributed by atoms with Crippen LogP contribution in [0.5, 0.6) is 5.88 Å². The van der Waals surface area contributed by atoms with E-state index in [1.165, 1.54) is 17.0 Å². The molecule has 0 spiro atoms. The molecule has 7 heteroatoms. The average molecular weight is 414 g/mol. The summed E-state index contributed by atoms with van der Waals surface area (Å²) in [6, 6.07) is 3.59. The molecule has 0 amide bonds. The summed E-state index contributed by atoms with van der Waals surface area (Å²) in [4.78, 5) is 23.1. The summed E-state index contributed by atoms with van der Waals surface area (Å²) in [5.41, 5.74) is 1.20. The zero-order valence-electron chi connectivity index (χ0n) is 12.5. The van der Waals surface area contributed by atoms with Gasteiger partial charge in [-0.1, -0.05) is 22.6 Å². The summed E-state index contributed by atoms with van der Waals surface area (Å²) in [6.45, 7) is 3.73. The van der Waals surface area contributed by atoms with Gasteiger partial charge in [-0.3, -0.25) is 9.36 Å². The van der Waals surface area contributed by atoms with Crippen LogP contribution in [0, 0.1) is 5.92 Å². The number of methoxy groups -OCH3 is 1. The smallest absolute Gasteiger partial charge is 0.270 e. The summed E-state index contributed by atoms with van der Waals surface area (Å²) in [5, 5.41) is 0. The largest absolute Gasteiger partial charge is 0.481 e. The molecule has 22 heavy (non-hydrogen) atoms. The average Bonchev–Trinajstić information content (AvgIpc) is 3.01. The van der Waals surface area contributed by atoms with Crippen molar-refractivity contribution < 1.29 is 4.74 Å². The summed E-state index contributed by atoms with van der Waals surface area (Å²) in [6.07, 6.45) is 2.62. The van der Waals surface area contributed by atoms with Gasteiger partial charge in [0.05, 0.1) is 13.3 Å². The van der Waals surface area contributed by atoms with E-state index in [9.17, 15) is 4.79 Å². The van der Waals surface area contributed by atoms with Crippen molar-refractivity contribution in [3.63, 3.8) is 0 Å². The van der Waals surface area contributed by atoms with Crippen LogP contribution in [0.25, 0.3) is 11.2 Å². The third-order valence-electron chi connectivity index (χ3n) is 4.10. The van der Waals surface area contributed by atoms with E-state index >= 15 is 0 Å². The standard InChI is InChI=1S/C15H19IN4O2/c1-22-13-3-2-12-15(18-13)20(14(21)9-17-12)7-6-19-5-4-11(8-16)10-19/h2-3,9,11H,4-8,10H2,1H3/t11-/m0/s1. The van der Waals surface area contributed by atoms with Crippen LogP contribution in [-0.2, 0) is 6.54 Å². The normalized spacial score (nSPS) is 18.9. The zero-order valence-corrected chi connectivity index (χ0v) is 14.7. The number of likely N-dealkylation sites (tertiary alicyclic amines) is 1. The van der Waals surface area contributed by atoms with E-state index in [1.54, 1.807) is 17.7 Å². The molecule has 1 atom stereocenters. The zero-order chi connectivity index (χ0) is 15.5. The second-order valence-electron chi connectivity index (χ2n) is 5.55. The van der Waals surface area contributed by atoms with Crippen LogP contribution in [0.15, 0.2) is 23.1 Å². The molecule has 0 radical (unpaired) electrons. The number of rotatable bonds is 5. The molecule has 0 saturated carbocycles. The van der Waals surface area contributed by atoms with Gasteiger partial charge >= 0.3 is 0 Å². The van der Waals surface area contributed by atoms with Gasteiger partial charge in [0.15, 0.2) is 5.65 Å². The Morgan fingerprint density at radius 2 is 2.27 bits per heavy atom. The van der Waals surface area contributed by atoms with E-state index in [0.29, 0.717) is 23.6 Å². The number of aromatic nitrogens is 3. The fourth-order valence-electron chi connectivity index (χ4n) is 2.84. The van der Waals surface area contributed by atoms with Crippen LogP contribution < -0.4 is 10.3 Å². The third kappa shape index (κ3) is 3.24. The first kappa shape index (κ1) is 15.7. The Kier molecular flexibility index (Phi) is 4.92. The minimum Gasteiger partial charge on any atom is -0.481 e. The SMILES string of the molecule is COc1ccc2ncc(=O)n(CCN3CC[C@@H](CI)C3)c2n1. The number of halogens is 1. The van der Waals surface area contributed by atoms with Crippen molar-refractivity contribution in [1.29, 1.82) is 0 Å². The van der Waals surface area contributed by atoms with E-state index in [1.807, 2.05) is 6.07 Å². The first-order chi connectivity index (χ1) is 10.7. The van der Waals surface area contributed by atoms with Crippen LogP contribution in [0.4, 0.5) is 0 Å². The van der Waals surface area contributed by atoms with Crippen molar-refractivity contribution in [2.45, 2.75) is 13.0 Å². The Morgan fingerprint density at radius 3 is 3.00 bits per heavy atom. The van der Waals surface area contributed by atoms with E-state index in [0.717, 1.165) is 25.6 Å². The lowest BCUT2D eigenvalue weighted by Crippen LogP contribution is -2.30. The number of hydrogen-bond acceptors (Lipinski definition) is 5. The highest BCUT2D eigenvalue weighted by molar-refractivity contribution is 14.1. The second-order valence-corrected chi connectivity index (χ2v) is 6.43. The van der Waals surface area contributed by atoms with E-state index in [4.69, 9.17) is 4.74 Å². The van der Waals surface area contributed by atoms with Crippen molar-refractivity contribution in [3.8, 4) is 5.88 Å². The Balaban J connectivity index is 1.83. The minimum atomic E-state index is -0.113. The van der Waals surface area contributed by atoms with Gasteiger partial charge in [-0.15, -0.1) is 0 Å². The molecule has 3 rings (SSSR count). The van der Waals surface area contributed by atoms with Gasteiger partial charge in [-0.2, -0.15) is 4.98 Å². The van der Waals surface area contributed by atoms with Crippen LogP contribution in [-0.4, -0.2) is 50.6 Å². The lowest BCUT2D eigenvalue weighted by molar-refractivity contribution is 0.313. The molecule has 1 aliphatic heterocycles. The molecule has 0 aliphatic carbocycles. The molecular formula is C15H19IN4O2. The Morgan fingerprint density at radius 1 is 1.41 bits per heavy atom. The highest BCUT2D eigenvalue weighted by Crippen LogP contribution is 2.18. The Hall–Kier alpha value is -1.22. The second kappa shape index (κ2) is 6.91. The molecule has 0 aromatic carbocycles. The summed E-state index contributed by atoms with van der Waals surface area (Å²) in [5.74, 6) is 1.28. The quantitative estimate of drug-likeness (QED) is 0.549. The molecule has 0 N–H and O–H groups in total. The fourth-order valence-corrected chi connectivity index (χ4v) is 3.55. The molecular weight excluding hydrogens is 395 g/mol. The van der Waals surface area contributed by atoms with Gasteiger partial charge in [-0.05, 0) is 24.9 Å². The predicted octanol–water partition coefficient (Wildman–Crippen LogP) is 1.56.